The smallest absolute Gasteiger partial charge is 0.270 e. The number of pyridine rings is 1. The van der Waals surface area contributed by atoms with Gasteiger partial charge in [0.1, 0.15) is 5.69 Å². The molecule has 8 heteroatoms. The van der Waals surface area contributed by atoms with Crippen molar-refractivity contribution >= 4 is 51.4 Å². The van der Waals surface area contributed by atoms with Gasteiger partial charge in [-0.05, 0) is 61.1 Å². The molecule has 0 bridgehead atoms. The van der Waals surface area contributed by atoms with Crippen molar-refractivity contribution in [3.05, 3.63) is 83.1 Å². The molecule has 0 fully saturated rings. The fourth-order valence-corrected chi connectivity index (χ4v) is 3.33. The summed E-state index contributed by atoms with van der Waals surface area (Å²) < 4.78 is 5.44. The normalized spacial score (nSPS) is 10.6. The average Bonchev–Trinajstić information content (AvgIpc) is 3.29. The Morgan fingerprint density at radius 1 is 1.07 bits per heavy atom. The summed E-state index contributed by atoms with van der Waals surface area (Å²) in [4.78, 5) is 17.5. The molecule has 0 aliphatic rings. The lowest BCUT2D eigenvalue weighted by atomic mass is 10.1. The number of halogens is 1. The molecule has 0 saturated carbocycles. The first-order valence-corrected chi connectivity index (χ1v) is 9.87. The lowest BCUT2D eigenvalue weighted by molar-refractivity contribution is 0.0946. The standard InChI is InChI=1S/C22H17ClN4O2S/c1-13-16(23)7-4-9-17(13)25-22(30)27-26-21(28)15-12-19(20-10-5-11-29-20)24-18-8-3-2-6-14(15)18/h2-12H,1H3,(H,26,28)(H2,25,27,30). The highest BCUT2D eigenvalue weighted by atomic mass is 35.5. The maximum Gasteiger partial charge on any atom is 0.270 e. The molecule has 6 nitrogen and oxygen atoms in total. The van der Waals surface area contributed by atoms with E-state index >= 15 is 0 Å². The van der Waals surface area contributed by atoms with Gasteiger partial charge in [-0.2, -0.15) is 0 Å². The van der Waals surface area contributed by atoms with Crippen LogP contribution in [0.5, 0.6) is 0 Å². The summed E-state index contributed by atoms with van der Waals surface area (Å²) in [7, 11) is 0. The number of fused-ring (bicyclic) bond motifs is 1. The highest BCUT2D eigenvalue weighted by molar-refractivity contribution is 7.80. The second kappa shape index (κ2) is 8.52. The van der Waals surface area contributed by atoms with Gasteiger partial charge in [-0.1, -0.05) is 35.9 Å². The molecular weight excluding hydrogens is 420 g/mol. The van der Waals surface area contributed by atoms with E-state index < -0.39 is 0 Å². The first-order chi connectivity index (χ1) is 14.5. The molecule has 2 aromatic heterocycles. The molecule has 0 unspecified atom stereocenters. The van der Waals surface area contributed by atoms with Gasteiger partial charge in [-0.15, -0.1) is 0 Å². The first kappa shape index (κ1) is 19.9. The zero-order valence-corrected chi connectivity index (χ0v) is 17.5. The molecule has 2 aromatic carbocycles. The van der Waals surface area contributed by atoms with Gasteiger partial charge in [0, 0.05) is 16.1 Å². The van der Waals surface area contributed by atoms with Gasteiger partial charge < -0.3 is 9.73 Å². The Bertz CT molecular complexity index is 1240. The fourth-order valence-electron chi connectivity index (χ4n) is 2.99. The highest BCUT2D eigenvalue weighted by Gasteiger charge is 2.15. The molecule has 0 saturated heterocycles. The number of benzene rings is 2. The second-order valence-electron chi connectivity index (χ2n) is 6.50. The van der Waals surface area contributed by atoms with Crippen molar-refractivity contribution in [1.29, 1.82) is 0 Å². The van der Waals surface area contributed by atoms with Gasteiger partial charge in [-0.3, -0.25) is 15.6 Å². The Labute approximate surface area is 183 Å². The number of nitrogens with zero attached hydrogens (tertiary/aromatic N) is 1. The van der Waals surface area contributed by atoms with E-state index in [9.17, 15) is 4.79 Å². The molecule has 0 aliphatic heterocycles. The van der Waals surface area contributed by atoms with Crippen molar-refractivity contribution in [2.75, 3.05) is 5.32 Å². The van der Waals surface area contributed by atoms with Crippen LogP contribution in [-0.2, 0) is 0 Å². The van der Waals surface area contributed by atoms with Crippen molar-refractivity contribution in [3.8, 4) is 11.5 Å². The molecule has 150 valence electrons. The number of hydrogen-bond acceptors (Lipinski definition) is 4. The molecule has 30 heavy (non-hydrogen) atoms. The topological polar surface area (TPSA) is 79.2 Å². The fraction of sp³-hybridized carbons (Fsp3) is 0.0455. The number of carbonyl (C=O) groups is 1. The summed E-state index contributed by atoms with van der Waals surface area (Å²) >= 11 is 11.4. The minimum Gasteiger partial charge on any atom is -0.463 e. The van der Waals surface area contributed by atoms with Gasteiger partial charge in [0.05, 0.1) is 17.3 Å². The third-order valence-electron chi connectivity index (χ3n) is 4.54. The van der Waals surface area contributed by atoms with Crippen molar-refractivity contribution in [2.24, 2.45) is 0 Å². The van der Waals surface area contributed by atoms with Crippen LogP contribution in [0.2, 0.25) is 5.02 Å². The maximum absolute atomic E-state index is 12.9. The monoisotopic (exact) mass is 436 g/mol. The molecule has 0 radical (unpaired) electrons. The Balaban J connectivity index is 1.54. The summed E-state index contributed by atoms with van der Waals surface area (Å²) in [6, 6.07) is 18.1. The third-order valence-corrected chi connectivity index (χ3v) is 5.15. The van der Waals surface area contributed by atoms with Crippen LogP contribution in [0.4, 0.5) is 5.69 Å². The third kappa shape index (κ3) is 4.12. The number of para-hydroxylation sites is 1. The number of thiocarbonyl (C=S) groups is 1. The minimum absolute atomic E-state index is 0.235. The van der Waals surface area contributed by atoms with Gasteiger partial charge in [-0.25, -0.2) is 4.98 Å². The molecule has 3 N–H and O–H groups in total. The lowest BCUT2D eigenvalue weighted by Gasteiger charge is -2.14. The van der Waals surface area contributed by atoms with Crippen LogP contribution in [0.15, 0.2) is 71.3 Å². The molecule has 0 atom stereocenters. The van der Waals surface area contributed by atoms with Gasteiger partial charge in [0.25, 0.3) is 5.91 Å². The summed E-state index contributed by atoms with van der Waals surface area (Å²) in [5.41, 5.74) is 8.68. The van der Waals surface area contributed by atoms with Crippen molar-refractivity contribution < 1.29 is 9.21 Å². The van der Waals surface area contributed by atoms with E-state index in [1.807, 2.05) is 43.3 Å². The van der Waals surface area contributed by atoms with E-state index in [-0.39, 0.29) is 11.0 Å². The van der Waals surface area contributed by atoms with E-state index in [1.54, 1.807) is 30.5 Å². The Morgan fingerprint density at radius 3 is 2.70 bits per heavy atom. The maximum atomic E-state index is 12.9. The van der Waals surface area contributed by atoms with Gasteiger partial charge >= 0.3 is 0 Å². The molecule has 2 heterocycles. The SMILES string of the molecule is Cc1c(Cl)cccc1NC(=S)NNC(=O)c1cc(-c2ccco2)nc2ccccc12. The number of anilines is 1. The number of aromatic nitrogens is 1. The van der Waals surface area contributed by atoms with Crippen molar-refractivity contribution in [1.82, 2.24) is 15.8 Å². The molecule has 4 rings (SSSR count). The summed E-state index contributed by atoms with van der Waals surface area (Å²) in [5.74, 6) is 0.227. The number of rotatable bonds is 3. The predicted molar refractivity (Wildman–Crippen MR) is 122 cm³/mol. The van der Waals surface area contributed by atoms with E-state index in [4.69, 9.17) is 28.2 Å². The zero-order valence-electron chi connectivity index (χ0n) is 15.9. The van der Waals surface area contributed by atoms with Crippen LogP contribution in [-0.4, -0.2) is 16.0 Å². The first-order valence-electron chi connectivity index (χ1n) is 9.09. The number of hydrogen-bond donors (Lipinski definition) is 3. The number of hydrazine groups is 1. The Kier molecular flexibility index (Phi) is 5.65. The summed E-state index contributed by atoms with van der Waals surface area (Å²) in [6.45, 7) is 1.88. The number of nitrogens with one attached hydrogen (secondary N) is 3. The molecule has 4 aromatic rings. The average molecular weight is 437 g/mol. The van der Waals surface area contributed by atoms with Gasteiger partial charge in [0.15, 0.2) is 10.9 Å². The van der Waals surface area contributed by atoms with Crippen LogP contribution in [0.3, 0.4) is 0 Å². The summed E-state index contributed by atoms with van der Waals surface area (Å²) in [5, 5.41) is 4.60. The van der Waals surface area contributed by atoms with E-state index in [0.717, 1.165) is 16.6 Å². The Hall–Kier alpha value is -3.42. The second-order valence-corrected chi connectivity index (χ2v) is 7.31. The molecule has 0 spiro atoms. The van der Waals surface area contributed by atoms with E-state index in [1.165, 1.54) is 0 Å². The predicted octanol–water partition coefficient (Wildman–Crippen LogP) is 5.09. The zero-order chi connectivity index (χ0) is 21.1. The minimum atomic E-state index is -0.353. The van der Waals surface area contributed by atoms with E-state index in [2.05, 4.69) is 21.2 Å². The van der Waals surface area contributed by atoms with Crippen LogP contribution in [0.1, 0.15) is 15.9 Å². The number of carbonyl (C=O) groups excluding carboxylic acids is 1. The van der Waals surface area contributed by atoms with Crippen LogP contribution in [0.25, 0.3) is 22.4 Å². The van der Waals surface area contributed by atoms with Crippen LogP contribution in [0, 0.1) is 6.92 Å². The lowest BCUT2D eigenvalue weighted by Crippen LogP contribution is -2.43. The Morgan fingerprint density at radius 2 is 1.90 bits per heavy atom. The highest BCUT2D eigenvalue weighted by Crippen LogP contribution is 2.25. The molecule has 1 amide bonds. The number of amides is 1. The molecule has 0 aliphatic carbocycles. The van der Waals surface area contributed by atoms with Crippen LogP contribution >= 0.6 is 23.8 Å². The van der Waals surface area contributed by atoms with Gasteiger partial charge in [0.2, 0.25) is 0 Å². The van der Waals surface area contributed by atoms with Crippen LogP contribution < -0.4 is 16.2 Å². The number of furan rings is 1. The van der Waals surface area contributed by atoms with E-state index in [0.29, 0.717) is 27.6 Å². The van der Waals surface area contributed by atoms with Crippen molar-refractivity contribution in [2.45, 2.75) is 6.92 Å². The van der Waals surface area contributed by atoms with Crippen molar-refractivity contribution in [3.63, 3.8) is 0 Å². The quantitative estimate of drug-likeness (QED) is 0.307. The largest absolute Gasteiger partial charge is 0.463 e. The summed E-state index contributed by atoms with van der Waals surface area (Å²) in [6.07, 6.45) is 1.56. The molecular formula is C22H17ClN4O2S.